The molecule has 1 heterocycles. The molecule has 0 aliphatic carbocycles. The molecule has 0 fully saturated rings. The summed E-state index contributed by atoms with van der Waals surface area (Å²) in [6.07, 6.45) is 1.03. The fraction of sp³-hybridized carbons (Fsp3) is 0.389. The van der Waals surface area contributed by atoms with Gasteiger partial charge < -0.3 is 15.0 Å². The lowest BCUT2D eigenvalue weighted by atomic mass is 10.2. The molecule has 23 heavy (non-hydrogen) atoms. The van der Waals surface area contributed by atoms with Gasteiger partial charge in [-0.05, 0) is 30.9 Å². The summed E-state index contributed by atoms with van der Waals surface area (Å²) in [5.41, 5.74) is 1.14. The minimum Gasteiger partial charge on any atom is -0.494 e. The number of para-hydroxylation sites is 1. The number of likely N-dealkylation sites (N-methyl/N-ethyl adjacent to an activating group) is 1. The third kappa shape index (κ3) is 5.28. The molecule has 2 aromatic rings. The fourth-order valence-corrected chi connectivity index (χ4v) is 3.04. The van der Waals surface area contributed by atoms with Crippen molar-refractivity contribution in [3.8, 4) is 5.75 Å². The molecule has 0 amide bonds. The van der Waals surface area contributed by atoms with Crippen molar-refractivity contribution in [2.24, 2.45) is 4.99 Å². The fourth-order valence-electron chi connectivity index (χ4n) is 2.34. The first kappa shape index (κ1) is 17.3. The van der Waals surface area contributed by atoms with Crippen molar-refractivity contribution >= 4 is 17.3 Å². The minimum atomic E-state index is 0.673. The maximum absolute atomic E-state index is 5.67. The molecule has 0 unspecified atom stereocenters. The Labute approximate surface area is 142 Å². The Kier molecular flexibility index (Phi) is 6.94. The summed E-state index contributed by atoms with van der Waals surface area (Å²) in [4.78, 5) is 7.93. The zero-order valence-corrected chi connectivity index (χ0v) is 14.9. The number of rotatable bonds is 7. The van der Waals surface area contributed by atoms with Gasteiger partial charge in [-0.25, -0.2) is 0 Å². The van der Waals surface area contributed by atoms with Crippen LogP contribution in [0, 0.1) is 0 Å². The summed E-state index contributed by atoms with van der Waals surface area (Å²) in [6.45, 7) is 4.31. The number of thiophene rings is 1. The van der Waals surface area contributed by atoms with Gasteiger partial charge in [0.15, 0.2) is 5.96 Å². The molecule has 0 radical (unpaired) electrons. The number of hydrogen-bond donors (Lipinski definition) is 1. The number of aliphatic imine (C=N–C) groups is 1. The highest BCUT2D eigenvalue weighted by Gasteiger charge is 2.08. The quantitative estimate of drug-likeness (QED) is 0.624. The highest BCUT2D eigenvalue weighted by Crippen LogP contribution is 2.17. The number of hydrogen-bond acceptors (Lipinski definition) is 3. The van der Waals surface area contributed by atoms with E-state index in [1.165, 1.54) is 4.88 Å². The molecule has 0 aliphatic heterocycles. The molecule has 2 rings (SSSR count). The SMILES string of the molecule is CCOc1ccccc1CNC(=NC)N(C)CCc1cccs1. The van der Waals surface area contributed by atoms with E-state index in [4.69, 9.17) is 4.74 Å². The summed E-state index contributed by atoms with van der Waals surface area (Å²) in [7, 11) is 3.88. The van der Waals surface area contributed by atoms with E-state index < -0.39 is 0 Å². The second kappa shape index (κ2) is 9.20. The molecular weight excluding hydrogens is 306 g/mol. The Hall–Kier alpha value is -2.01. The van der Waals surface area contributed by atoms with Gasteiger partial charge in [-0.3, -0.25) is 4.99 Å². The van der Waals surface area contributed by atoms with E-state index in [2.05, 4.69) is 45.8 Å². The van der Waals surface area contributed by atoms with E-state index in [-0.39, 0.29) is 0 Å². The maximum Gasteiger partial charge on any atom is 0.193 e. The molecule has 0 saturated carbocycles. The molecule has 124 valence electrons. The lowest BCUT2D eigenvalue weighted by Crippen LogP contribution is -2.39. The summed E-state index contributed by atoms with van der Waals surface area (Å²) >= 11 is 1.80. The highest BCUT2D eigenvalue weighted by molar-refractivity contribution is 7.09. The predicted molar refractivity (Wildman–Crippen MR) is 98.5 cm³/mol. The van der Waals surface area contributed by atoms with E-state index in [1.54, 1.807) is 11.3 Å². The van der Waals surface area contributed by atoms with Crippen LogP contribution in [-0.2, 0) is 13.0 Å². The molecule has 0 bridgehead atoms. The van der Waals surface area contributed by atoms with Crippen molar-refractivity contribution in [1.29, 1.82) is 0 Å². The van der Waals surface area contributed by atoms with Gasteiger partial charge in [-0.2, -0.15) is 0 Å². The molecule has 1 aromatic heterocycles. The number of guanidine groups is 1. The van der Waals surface area contributed by atoms with E-state index in [1.807, 2.05) is 32.2 Å². The number of nitrogens with one attached hydrogen (secondary N) is 1. The molecule has 0 atom stereocenters. The zero-order chi connectivity index (χ0) is 16.5. The minimum absolute atomic E-state index is 0.673. The Bertz CT molecular complexity index is 610. The average Bonchev–Trinajstić information content (AvgIpc) is 3.08. The lowest BCUT2D eigenvalue weighted by molar-refractivity contribution is 0.336. The normalized spacial score (nSPS) is 11.3. The largest absolute Gasteiger partial charge is 0.494 e. The van der Waals surface area contributed by atoms with Gasteiger partial charge in [-0.15, -0.1) is 11.3 Å². The van der Waals surface area contributed by atoms with Crippen LogP contribution in [0.15, 0.2) is 46.8 Å². The van der Waals surface area contributed by atoms with Gasteiger partial charge in [0.2, 0.25) is 0 Å². The summed E-state index contributed by atoms with van der Waals surface area (Å²) in [6, 6.07) is 12.4. The van der Waals surface area contributed by atoms with E-state index in [0.29, 0.717) is 13.2 Å². The first-order valence-corrected chi connectivity index (χ1v) is 8.77. The van der Waals surface area contributed by atoms with Crippen LogP contribution >= 0.6 is 11.3 Å². The second-order valence-corrected chi connectivity index (χ2v) is 6.22. The number of ether oxygens (including phenoxy) is 1. The molecule has 5 heteroatoms. The molecule has 0 spiro atoms. The average molecular weight is 331 g/mol. The van der Waals surface area contributed by atoms with Gasteiger partial charge in [0.25, 0.3) is 0 Å². The van der Waals surface area contributed by atoms with E-state index >= 15 is 0 Å². The second-order valence-electron chi connectivity index (χ2n) is 5.19. The number of nitrogens with zero attached hydrogens (tertiary/aromatic N) is 2. The predicted octanol–water partition coefficient (Wildman–Crippen LogP) is 3.40. The van der Waals surface area contributed by atoms with Crippen molar-refractivity contribution in [3.63, 3.8) is 0 Å². The summed E-state index contributed by atoms with van der Waals surface area (Å²) in [5.74, 6) is 1.83. The third-order valence-electron chi connectivity index (χ3n) is 3.56. The van der Waals surface area contributed by atoms with Crippen LogP contribution in [0.5, 0.6) is 5.75 Å². The van der Waals surface area contributed by atoms with Crippen LogP contribution in [0.4, 0.5) is 0 Å². The number of benzene rings is 1. The van der Waals surface area contributed by atoms with Gasteiger partial charge in [-0.1, -0.05) is 24.3 Å². The van der Waals surface area contributed by atoms with E-state index in [9.17, 15) is 0 Å². The van der Waals surface area contributed by atoms with Crippen molar-refractivity contribution in [2.45, 2.75) is 19.9 Å². The van der Waals surface area contributed by atoms with Crippen LogP contribution in [0.25, 0.3) is 0 Å². The van der Waals surface area contributed by atoms with Crippen LogP contribution in [0.1, 0.15) is 17.4 Å². The van der Waals surface area contributed by atoms with Crippen molar-refractivity contribution in [2.75, 3.05) is 27.2 Å². The summed E-state index contributed by atoms with van der Waals surface area (Å²) in [5, 5.41) is 5.53. The van der Waals surface area contributed by atoms with Crippen molar-refractivity contribution in [3.05, 3.63) is 52.2 Å². The first-order chi connectivity index (χ1) is 11.2. The van der Waals surface area contributed by atoms with Crippen molar-refractivity contribution in [1.82, 2.24) is 10.2 Å². The van der Waals surface area contributed by atoms with Gasteiger partial charge in [0, 0.05) is 37.6 Å². The maximum atomic E-state index is 5.67. The Morgan fingerprint density at radius 2 is 2.09 bits per heavy atom. The molecule has 1 N–H and O–H groups in total. The third-order valence-corrected chi connectivity index (χ3v) is 4.49. The topological polar surface area (TPSA) is 36.9 Å². The molecule has 0 saturated heterocycles. The van der Waals surface area contributed by atoms with Gasteiger partial charge >= 0.3 is 0 Å². The first-order valence-electron chi connectivity index (χ1n) is 7.89. The standard InChI is InChI=1S/C18H25N3OS/c1-4-22-17-10-6-5-8-15(17)14-20-18(19-2)21(3)12-11-16-9-7-13-23-16/h5-10,13H,4,11-12,14H2,1-3H3,(H,19,20). The zero-order valence-electron chi connectivity index (χ0n) is 14.1. The molecule has 1 aromatic carbocycles. The highest BCUT2D eigenvalue weighted by atomic mass is 32.1. The molecular formula is C18H25N3OS. The Morgan fingerprint density at radius 3 is 2.78 bits per heavy atom. The van der Waals surface area contributed by atoms with Crippen LogP contribution in [0.2, 0.25) is 0 Å². The molecule has 4 nitrogen and oxygen atoms in total. The summed E-state index contributed by atoms with van der Waals surface area (Å²) < 4.78 is 5.67. The van der Waals surface area contributed by atoms with Gasteiger partial charge in [0.1, 0.15) is 5.75 Å². The Morgan fingerprint density at radius 1 is 1.26 bits per heavy atom. The smallest absolute Gasteiger partial charge is 0.193 e. The monoisotopic (exact) mass is 331 g/mol. The lowest BCUT2D eigenvalue weighted by Gasteiger charge is -2.22. The Balaban J connectivity index is 1.89. The van der Waals surface area contributed by atoms with E-state index in [0.717, 1.165) is 30.2 Å². The molecule has 0 aliphatic rings. The van der Waals surface area contributed by atoms with Crippen LogP contribution in [0.3, 0.4) is 0 Å². The van der Waals surface area contributed by atoms with Gasteiger partial charge in [0.05, 0.1) is 6.61 Å². The van der Waals surface area contributed by atoms with Crippen LogP contribution < -0.4 is 10.1 Å². The van der Waals surface area contributed by atoms with Crippen molar-refractivity contribution < 1.29 is 4.74 Å². The van der Waals surface area contributed by atoms with Crippen LogP contribution in [-0.4, -0.2) is 38.1 Å².